The molecular formula is C14H15ClN2OS. The summed E-state index contributed by atoms with van der Waals surface area (Å²) < 4.78 is 7.80. The van der Waals surface area contributed by atoms with Crippen molar-refractivity contribution in [1.29, 1.82) is 0 Å². The van der Waals surface area contributed by atoms with E-state index in [1.807, 2.05) is 23.9 Å². The maximum absolute atomic E-state index is 5.62. The molecule has 19 heavy (non-hydrogen) atoms. The number of halogens is 1. The number of hydrogen-bond acceptors (Lipinski definition) is 3. The van der Waals surface area contributed by atoms with Gasteiger partial charge in [-0.3, -0.25) is 0 Å². The highest BCUT2D eigenvalue weighted by molar-refractivity contribution is 7.99. The van der Waals surface area contributed by atoms with Crippen molar-refractivity contribution >= 4 is 23.4 Å². The molecule has 0 aliphatic carbocycles. The Morgan fingerprint density at radius 3 is 2.89 bits per heavy atom. The molecule has 0 saturated carbocycles. The van der Waals surface area contributed by atoms with Crippen molar-refractivity contribution in [1.82, 2.24) is 9.55 Å². The second kappa shape index (κ2) is 5.88. The van der Waals surface area contributed by atoms with Crippen LogP contribution in [-0.2, 0) is 6.54 Å². The van der Waals surface area contributed by atoms with Gasteiger partial charge in [0.15, 0.2) is 5.16 Å². The van der Waals surface area contributed by atoms with Crippen LogP contribution < -0.4 is 4.74 Å². The van der Waals surface area contributed by atoms with Crippen LogP contribution in [0.2, 0.25) is 0 Å². The topological polar surface area (TPSA) is 27.1 Å². The molecule has 0 saturated heterocycles. The second-order valence-corrected chi connectivity index (χ2v) is 5.81. The maximum atomic E-state index is 5.62. The number of aryl methyl sites for hydroxylation is 1. The van der Waals surface area contributed by atoms with Gasteiger partial charge in [0.1, 0.15) is 5.75 Å². The number of nitrogens with zero attached hydrogens (tertiary/aromatic N) is 2. The van der Waals surface area contributed by atoms with Crippen LogP contribution in [0.4, 0.5) is 0 Å². The molecule has 2 heterocycles. The Labute approximate surface area is 121 Å². The van der Waals surface area contributed by atoms with Gasteiger partial charge >= 0.3 is 0 Å². The molecule has 3 rings (SSSR count). The summed E-state index contributed by atoms with van der Waals surface area (Å²) in [4.78, 5) is 4.63. The van der Waals surface area contributed by atoms with Gasteiger partial charge in [-0.2, -0.15) is 0 Å². The van der Waals surface area contributed by atoms with Crippen LogP contribution in [0, 0.1) is 0 Å². The van der Waals surface area contributed by atoms with E-state index in [4.69, 9.17) is 16.3 Å². The first-order valence-electron chi connectivity index (χ1n) is 6.36. The van der Waals surface area contributed by atoms with Gasteiger partial charge in [0.2, 0.25) is 0 Å². The van der Waals surface area contributed by atoms with Gasteiger partial charge in [-0.15, -0.1) is 11.6 Å². The van der Waals surface area contributed by atoms with Gasteiger partial charge in [0.25, 0.3) is 0 Å². The van der Waals surface area contributed by atoms with Crippen LogP contribution in [0.25, 0.3) is 11.3 Å². The summed E-state index contributed by atoms with van der Waals surface area (Å²) in [7, 11) is 0. The van der Waals surface area contributed by atoms with Crippen LogP contribution >= 0.6 is 23.4 Å². The van der Waals surface area contributed by atoms with E-state index in [9.17, 15) is 0 Å². The molecule has 2 aromatic rings. The Bertz CT molecular complexity index is 532. The molecule has 0 radical (unpaired) electrons. The third-order valence-corrected chi connectivity index (χ3v) is 4.24. The van der Waals surface area contributed by atoms with Crippen molar-refractivity contribution in [3.63, 3.8) is 0 Å². The monoisotopic (exact) mass is 294 g/mol. The molecule has 3 nitrogen and oxygen atoms in total. The van der Waals surface area contributed by atoms with Crippen molar-refractivity contribution < 1.29 is 4.74 Å². The number of benzene rings is 1. The number of imidazole rings is 1. The lowest BCUT2D eigenvalue weighted by Crippen LogP contribution is -1.97. The zero-order chi connectivity index (χ0) is 13.1. The molecule has 5 heteroatoms. The Hall–Kier alpha value is -1.13. The third-order valence-electron chi connectivity index (χ3n) is 3.00. The summed E-state index contributed by atoms with van der Waals surface area (Å²) in [6.07, 6.45) is 2.99. The first-order chi connectivity index (χ1) is 9.36. The number of thioether (sulfide) groups is 1. The van der Waals surface area contributed by atoms with E-state index < -0.39 is 0 Å². The standard InChI is InChI=1S/C14H15ClN2OS/c15-6-1-8-18-12-4-2-11(3-5-12)13-10-17-7-9-19-14(17)16-13/h2-5,10H,1,6-9H2. The number of hydrogen-bond donors (Lipinski definition) is 0. The predicted octanol–water partition coefficient (Wildman–Crippen LogP) is 3.66. The quantitative estimate of drug-likeness (QED) is 0.622. The van der Waals surface area contributed by atoms with Gasteiger partial charge in [-0.25, -0.2) is 4.98 Å². The zero-order valence-electron chi connectivity index (χ0n) is 10.5. The van der Waals surface area contributed by atoms with Gasteiger partial charge < -0.3 is 9.30 Å². The Morgan fingerprint density at radius 2 is 2.16 bits per heavy atom. The Morgan fingerprint density at radius 1 is 1.32 bits per heavy atom. The summed E-state index contributed by atoms with van der Waals surface area (Å²) in [5.74, 6) is 2.65. The van der Waals surface area contributed by atoms with E-state index in [1.165, 1.54) is 0 Å². The number of fused-ring (bicyclic) bond motifs is 1. The van der Waals surface area contributed by atoms with Crippen molar-refractivity contribution in [2.24, 2.45) is 0 Å². The summed E-state index contributed by atoms with van der Waals surface area (Å²) >= 11 is 7.43. The molecule has 100 valence electrons. The maximum Gasteiger partial charge on any atom is 0.168 e. The number of aromatic nitrogens is 2. The Kier molecular flexibility index (Phi) is 3.99. The molecule has 1 aromatic carbocycles. The van der Waals surface area contributed by atoms with Crippen molar-refractivity contribution in [3.8, 4) is 17.0 Å². The molecule has 0 atom stereocenters. The SMILES string of the molecule is ClCCCOc1ccc(-c2cn3c(n2)SCC3)cc1. The van der Waals surface area contributed by atoms with Crippen LogP contribution in [0.5, 0.6) is 5.75 Å². The van der Waals surface area contributed by atoms with Gasteiger partial charge in [0, 0.05) is 29.9 Å². The lowest BCUT2D eigenvalue weighted by Gasteiger charge is -2.05. The molecular weight excluding hydrogens is 280 g/mol. The van der Waals surface area contributed by atoms with Gasteiger partial charge in [-0.1, -0.05) is 11.8 Å². The minimum absolute atomic E-state index is 0.635. The minimum Gasteiger partial charge on any atom is -0.494 e. The van der Waals surface area contributed by atoms with Crippen molar-refractivity contribution in [2.45, 2.75) is 18.1 Å². The first kappa shape index (κ1) is 12.9. The van der Waals surface area contributed by atoms with Crippen LogP contribution in [0.3, 0.4) is 0 Å². The molecule has 0 unspecified atom stereocenters. The highest BCUT2D eigenvalue weighted by Crippen LogP contribution is 2.29. The fourth-order valence-corrected chi connectivity index (χ4v) is 3.07. The summed E-state index contributed by atoms with van der Waals surface area (Å²) in [6, 6.07) is 8.08. The van der Waals surface area contributed by atoms with Crippen LogP contribution in [0.1, 0.15) is 6.42 Å². The van der Waals surface area contributed by atoms with Gasteiger partial charge in [-0.05, 0) is 30.7 Å². The van der Waals surface area contributed by atoms with Crippen molar-refractivity contribution in [3.05, 3.63) is 30.5 Å². The molecule has 0 amide bonds. The van der Waals surface area contributed by atoms with Gasteiger partial charge in [0.05, 0.1) is 12.3 Å². The highest BCUT2D eigenvalue weighted by atomic mass is 35.5. The normalized spacial score (nSPS) is 13.5. The van der Waals surface area contributed by atoms with E-state index in [-0.39, 0.29) is 0 Å². The van der Waals surface area contributed by atoms with Crippen molar-refractivity contribution in [2.75, 3.05) is 18.2 Å². The zero-order valence-corrected chi connectivity index (χ0v) is 12.1. The molecule has 0 fully saturated rings. The molecule has 0 spiro atoms. The summed E-state index contributed by atoms with van der Waals surface area (Å²) in [6.45, 7) is 1.73. The predicted molar refractivity (Wildman–Crippen MR) is 79.2 cm³/mol. The first-order valence-corrected chi connectivity index (χ1v) is 7.88. The van der Waals surface area contributed by atoms with E-state index in [0.29, 0.717) is 12.5 Å². The average Bonchev–Trinajstić information content (AvgIpc) is 3.01. The average molecular weight is 295 g/mol. The Balaban J connectivity index is 1.71. The molecule has 1 aromatic heterocycles. The number of alkyl halides is 1. The lowest BCUT2D eigenvalue weighted by molar-refractivity contribution is 0.318. The summed E-state index contributed by atoms with van der Waals surface area (Å²) in [5.41, 5.74) is 2.17. The molecule has 1 aliphatic rings. The molecule has 1 aliphatic heterocycles. The highest BCUT2D eigenvalue weighted by Gasteiger charge is 2.15. The summed E-state index contributed by atoms with van der Waals surface area (Å²) in [5, 5.41) is 1.12. The number of rotatable bonds is 5. The minimum atomic E-state index is 0.635. The lowest BCUT2D eigenvalue weighted by atomic mass is 10.2. The largest absolute Gasteiger partial charge is 0.494 e. The van der Waals surface area contributed by atoms with Crippen LogP contribution in [0.15, 0.2) is 35.6 Å². The van der Waals surface area contributed by atoms with E-state index in [1.54, 1.807) is 0 Å². The van der Waals surface area contributed by atoms with E-state index in [2.05, 4.69) is 27.9 Å². The smallest absolute Gasteiger partial charge is 0.168 e. The molecule has 0 N–H and O–H groups in total. The van der Waals surface area contributed by atoms with E-state index >= 15 is 0 Å². The number of ether oxygens (including phenoxy) is 1. The second-order valence-electron chi connectivity index (χ2n) is 4.37. The fourth-order valence-electron chi connectivity index (χ4n) is 2.02. The fraction of sp³-hybridized carbons (Fsp3) is 0.357. The molecule has 0 bridgehead atoms. The van der Waals surface area contributed by atoms with Crippen LogP contribution in [-0.4, -0.2) is 27.8 Å². The third kappa shape index (κ3) is 2.90. The van der Waals surface area contributed by atoms with E-state index in [0.717, 1.165) is 40.9 Å².